The lowest BCUT2D eigenvalue weighted by molar-refractivity contribution is 0.307. The number of hydrogen-bond acceptors (Lipinski definition) is 1. The van der Waals surface area contributed by atoms with E-state index in [0.29, 0.717) is 12.3 Å². The molecule has 2 aromatic rings. The Labute approximate surface area is 101 Å². The molecule has 0 amide bonds. The van der Waals surface area contributed by atoms with E-state index in [0.717, 1.165) is 11.3 Å². The lowest BCUT2D eigenvalue weighted by atomic mass is 10.2. The molecule has 0 aliphatic heterocycles. The highest BCUT2D eigenvalue weighted by Gasteiger charge is 2.01. The van der Waals surface area contributed by atoms with Gasteiger partial charge in [-0.15, -0.1) is 0 Å². The Kier molecular flexibility index (Phi) is 3.42. The molecule has 0 aliphatic carbocycles. The van der Waals surface area contributed by atoms with Gasteiger partial charge in [0.15, 0.2) is 5.69 Å². The Morgan fingerprint density at radius 2 is 1.76 bits per heavy atom. The molecule has 2 rings (SSSR count). The molecule has 0 aromatic heterocycles. The zero-order chi connectivity index (χ0) is 12.1. The number of benzene rings is 2. The van der Waals surface area contributed by atoms with Crippen LogP contribution in [0.4, 0.5) is 5.69 Å². The highest BCUT2D eigenvalue weighted by Crippen LogP contribution is 2.21. The summed E-state index contributed by atoms with van der Waals surface area (Å²) in [6, 6.07) is 15.4. The molecule has 0 saturated carbocycles. The van der Waals surface area contributed by atoms with Gasteiger partial charge in [0.25, 0.3) is 0 Å². The highest BCUT2D eigenvalue weighted by atomic mass is 16.5. The third kappa shape index (κ3) is 2.85. The van der Waals surface area contributed by atoms with Crippen LogP contribution in [0.15, 0.2) is 48.5 Å². The molecule has 2 heteroatoms. The molecule has 0 atom stereocenters. The van der Waals surface area contributed by atoms with Gasteiger partial charge in [-0.3, -0.25) is 0 Å². The second-order valence-electron chi connectivity index (χ2n) is 3.84. The maximum Gasteiger partial charge on any atom is 0.193 e. The Bertz CT molecular complexity index is 538. The fraction of sp³-hybridized carbons (Fsp3) is 0.133. The van der Waals surface area contributed by atoms with Gasteiger partial charge in [-0.1, -0.05) is 42.0 Å². The van der Waals surface area contributed by atoms with Gasteiger partial charge in [-0.25, -0.2) is 4.85 Å². The Morgan fingerprint density at radius 1 is 1.06 bits per heavy atom. The van der Waals surface area contributed by atoms with E-state index < -0.39 is 0 Å². The van der Waals surface area contributed by atoms with Crippen LogP contribution >= 0.6 is 0 Å². The Hall–Kier alpha value is -2.27. The standard InChI is InChI=1S/C15H13NO/c1-12-7-9-14(10-8-12)17-11-13-5-3-4-6-15(13)16-2/h3-10H,11H2,1H3. The van der Waals surface area contributed by atoms with Gasteiger partial charge in [-0.05, 0) is 24.6 Å². The van der Waals surface area contributed by atoms with Gasteiger partial charge in [0, 0.05) is 0 Å². The van der Waals surface area contributed by atoms with Crippen LogP contribution in [0.25, 0.3) is 4.85 Å². The summed E-state index contributed by atoms with van der Waals surface area (Å²) in [4.78, 5) is 3.47. The van der Waals surface area contributed by atoms with E-state index in [2.05, 4.69) is 4.85 Å². The van der Waals surface area contributed by atoms with Crippen molar-refractivity contribution in [1.82, 2.24) is 0 Å². The SMILES string of the molecule is [C-]#[N+]c1ccccc1COc1ccc(C)cc1. The van der Waals surface area contributed by atoms with Gasteiger partial charge < -0.3 is 4.74 Å². The molecule has 0 radical (unpaired) electrons. The highest BCUT2D eigenvalue weighted by molar-refractivity contribution is 5.51. The monoisotopic (exact) mass is 223 g/mol. The van der Waals surface area contributed by atoms with Crippen LogP contribution in [-0.4, -0.2) is 0 Å². The van der Waals surface area contributed by atoms with Crippen LogP contribution in [0, 0.1) is 13.5 Å². The molecule has 0 N–H and O–H groups in total. The van der Waals surface area contributed by atoms with Crippen molar-refractivity contribution in [3.63, 3.8) is 0 Å². The van der Waals surface area contributed by atoms with Gasteiger partial charge >= 0.3 is 0 Å². The predicted octanol–water partition coefficient (Wildman–Crippen LogP) is 4.12. The molecule has 0 heterocycles. The van der Waals surface area contributed by atoms with Gasteiger partial charge in [-0.2, -0.15) is 0 Å². The first-order chi connectivity index (χ1) is 8.29. The second kappa shape index (κ2) is 5.18. The first-order valence-corrected chi connectivity index (χ1v) is 5.44. The summed E-state index contributed by atoms with van der Waals surface area (Å²) in [6.07, 6.45) is 0. The second-order valence-corrected chi connectivity index (χ2v) is 3.84. The first-order valence-electron chi connectivity index (χ1n) is 5.44. The van der Waals surface area contributed by atoms with Crippen LogP contribution in [0.5, 0.6) is 5.75 Å². The summed E-state index contributed by atoms with van der Waals surface area (Å²) < 4.78 is 5.65. The number of ether oxygens (including phenoxy) is 1. The fourth-order valence-electron chi connectivity index (χ4n) is 1.54. The molecule has 84 valence electrons. The average molecular weight is 223 g/mol. The van der Waals surface area contributed by atoms with Crippen molar-refractivity contribution in [2.45, 2.75) is 13.5 Å². The topological polar surface area (TPSA) is 13.6 Å². The first kappa shape index (κ1) is 11.2. The summed E-state index contributed by atoms with van der Waals surface area (Å²) in [5.41, 5.74) is 2.78. The minimum absolute atomic E-state index is 0.432. The molecule has 0 fully saturated rings. The van der Waals surface area contributed by atoms with Crippen molar-refractivity contribution in [3.05, 3.63) is 71.1 Å². The Balaban J connectivity index is 2.08. The Morgan fingerprint density at radius 3 is 2.47 bits per heavy atom. The van der Waals surface area contributed by atoms with Crippen molar-refractivity contribution >= 4 is 5.69 Å². The maximum atomic E-state index is 7.07. The molecule has 0 unspecified atom stereocenters. The third-order valence-corrected chi connectivity index (χ3v) is 2.53. The van der Waals surface area contributed by atoms with E-state index in [1.54, 1.807) is 6.07 Å². The van der Waals surface area contributed by atoms with Crippen molar-refractivity contribution < 1.29 is 4.74 Å². The minimum atomic E-state index is 0.432. The van der Waals surface area contributed by atoms with E-state index in [9.17, 15) is 0 Å². The maximum absolute atomic E-state index is 7.07. The lowest BCUT2D eigenvalue weighted by Gasteiger charge is -2.07. The van der Waals surface area contributed by atoms with Gasteiger partial charge in [0.05, 0.1) is 6.57 Å². The summed E-state index contributed by atoms with van der Waals surface area (Å²) >= 11 is 0. The lowest BCUT2D eigenvalue weighted by Crippen LogP contribution is -1.95. The van der Waals surface area contributed by atoms with Crippen molar-refractivity contribution in [2.75, 3.05) is 0 Å². The van der Waals surface area contributed by atoms with Crippen LogP contribution < -0.4 is 4.74 Å². The van der Waals surface area contributed by atoms with Crippen LogP contribution in [0.1, 0.15) is 11.1 Å². The zero-order valence-electron chi connectivity index (χ0n) is 9.68. The van der Waals surface area contributed by atoms with Gasteiger partial charge in [0.2, 0.25) is 0 Å². The molecule has 0 bridgehead atoms. The summed E-state index contributed by atoms with van der Waals surface area (Å²) in [5.74, 6) is 0.829. The third-order valence-electron chi connectivity index (χ3n) is 2.53. The molecule has 0 saturated heterocycles. The number of rotatable bonds is 3. The van der Waals surface area contributed by atoms with E-state index in [4.69, 9.17) is 11.3 Å². The quantitative estimate of drug-likeness (QED) is 0.713. The van der Waals surface area contributed by atoms with E-state index in [1.165, 1.54) is 5.56 Å². The normalized spacial score (nSPS) is 9.65. The summed E-state index contributed by atoms with van der Waals surface area (Å²) in [7, 11) is 0. The number of aryl methyl sites for hydroxylation is 1. The van der Waals surface area contributed by atoms with Crippen LogP contribution in [0.2, 0.25) is 0 Å². The van der Waals surface area contributed by atoms with E-state index in [-0.39, 0.29) is 0 Å². The molecule has 0 spiro atoms. The number of hydrogen-bond donors (Lipinski definition) is 0. The summed E-state index contributed by atoms with van der Waals surface area (Å²) in [5, 5.41) is 0. The molecule has 2 nitrogen and oxygen atoms in total. The van der Waals surface area contributed by atoms with Crippen LogP contribution in [-0.2, 0) is 6.61 Å². The van der Waals surface area contributed by atoms with Crippen molar-refractivity contribution in [2.24, 2.45) is 0 Å². The molecule has 0 aliphatic rings. The zero-order valence-corrected chi connectivity index (χ0v) is 9.68. The molecular weight excluding hydrogens is 210 g/mol. The smallest absolute Gasteiger partial charge is 0.193 e. The summed E-state index contributed by atoms with van der Waals surface area (Å²) in [6.45, 7) is 9.54. The fourth-order valence-corrected chi connectivity index (χ4v) is 1.54. The number of nitrogens with zero attached hydrogens (tertiary/aromatic N) is 1. The molecule has 2 aromatic carbocycles. The van der Waals surface area contributed by atoms with E-state index in [1.807, 2.05) is 49.4 Å². The van der Waals surface area contributed by atoms with Gasteiger partial charge in [0.1, 0.15) is 12.4 Å². The molecule has 17 heavy (non-hydrogen) atoms. The van der Waals surface area contributed by atoms with E-state index >= 15 is 0 Å². The van der Waals surface area contributed by atoms with Crippen molar-refractivity contribution in [3.8, 4) is 5.75 Å². The van der Waals surface area contributed by atoms with Crippen LogP contribution in [0.3, 0.4) is 0 Å². The molecular formula is C15H13NO. The largest absolute Gasteiger partial charge is 0.490 e. The van der Waals surface area contributed by atoms with Crippen molar-refractivity contribution in [1.29, 1.82) is 0 Å². The number of para-hydroxylation sites is 1. The predicted molar refractivity (Wildman–Crippen MR) is 68.2 cm³/mol. The minimum Gasteiger partial charge on any atom is -0.490 e. The average Bonchev–Trinajstić information content (AvgIpc) is 2.38.